The molecule has 0 atom stereocenters. The maximum absolute atomic E-state index is 13.3. The Hall–Kier alpha value is -2.53. The lowest BCUT2D eigenvalue weighted by Gasteiger charge is -2.05. The van der Waals surface area contributed by atoms with Crippen LogP contribution in [0.1, 0.15) is 39.7 Å². The van der Waals surface area contributed by atoms with Gasteiger partial charge in [-0.3, -0.25) is 10.1 Å². The number of benzene rings is 2. The van der Waals surface area contributed by atoms with E-state index in [1.807, 2.05) is 0 Å². The maximum atomic E-state index is 13.3. The van der Waals surface area contributed by atoms with Gasteiger partial charge in [-0.15, -0.1) is 11.3 Å². The molecule has 0 aliphatic carbocycles. The van der Waals surface area contributed by atoms with Gasteiger partial charge in [0, 0.05) is 16.0 Å². The van der Waals surface area contributed by atoms with Gasteiger partial charge in [0.1, 0.15) is 5.82 Å². The summed E-state index contributed by atoms with van der Waals surface area (Å²) in [5, 5.41) is 3.34. The summed E-state index contributed by atoms with van der Waals surface area (Å²) < 4.78 is 13.3. The van der Waals surface area contributed by atoms with Crippen LogP contribution >= 0.6 is 11.3 Å². The summed E-state index contributed by atoms with van der Waals surface area (Å²) in [5.41, 5.74) is 4.70. The molecule has 2 aromatic carbocycles. The third kappa shape index (κ3) is 3.99. The average Bonchev–Trinajstić information content (AvgIpc) is 3.00. The first-order valence-electron chi connectivity index (χ1n) is 8.62. The zero-order valence-electron chi connectivity index (χ0n) is 15.1. The van der Waals surface area contributed by atoms with Gasteiger partial charge in [-0.05, 0) is 55.7 Å². The van der Waals surface area contributed by atoms with Crippen LogP contribution in [0, 0.1) is 19.7 Å². The zero-order valence-corrected chi connectivity index (χ0v) is 15.9. The van der Waals surface area contributed by atoms with E-state index in [-0.39, 0.29) is 11.5 Å². The molecule has 3 aromatic rings. The van der Waals surface area contributed by atoms with Crippen LogP contribution in [0.5, 0.6) is 0 Å². The van der Waals surface area contributed by atoms with Gasteiger partial charge < -0.3 is 0 Å². The third-order valence-corrected chi connectivity index (χ3v) is 5.29. The minimum atomic E-state index is -0.431. The molecule has 0 saturated heterocycles. The highest BCUT2D eigenvalue weighted by molar-refractivity contribution is 7.16. The molecule has 5 heteroatoms. The Kier molecular flexibility index (Phi) is 5.47. The van der Waals surface area contributed by atoms with Crippen LogP contribution in [0.2, 0.25) is 0 Å². The van der Waals surface area contributed by atoms with Crippen molar-refractivity contribution in [2.24, 2.45) is 0 Å². The van der Waals surface area contributed by atoms with Crippen molar-refractivity contribution in [2.45, 2.75) is 33.6 Å². The molecule has 0 saturated carbocycles. The lowest BCUT2D eigenvalue weighted by atomic mass is 10.0. The average molecular weight is 368 g/mol. The lowest BCUT2D eigenvalue weighted by molar-refractivity contribution is 0.102. The Morgan fingerprint density at radius 1 is 1.15 bits per heavy atom. The molecule has 0 bridgehead atoms. The highest BCUT2D eigenvalue weighted by atomic mass is 32.1. The first-order chi connectivity index (χ1) is 12.5. The number of aryl methyl sites for hydroxylation is 3. The normalized spacial score (nSPS) is 10.8. The number of carbonyl (C=O) groups excluding carboxylic acids is 1. The number of nitrogens with zero attached hydrogens (tertiary/aromatic N) is 1. The molecule has 0 fully saturated rings. The Bertz CT molecular complexity index is 949. The molecular weight excluding hydrogens is 347 g/mol. The summed E-state index contributed by atoms with van der Waals surface area (Å²) in [6.45, 7) is 6.28. The summed E-state index contributed by atoms with van der Waals surface area (Å²) in [6, 6.07) is 11.9. The summed E-state index contributed by atoms with van der Waals surface area (Å²) in [5.74, 6) is -0.785. The van der Waals surface area contributed by atoms with E-state index in [4.69, 9.17) is 0 Å². The van der Waals surface area contributed by atoms with Crippen LogP contribution in [0.3, 0.4) is 0 Å². The zero-order chi connectivity index (χ0) is 18.7. The van der Waals surface area contributed by atoms with Gasteiger partial charge in [0.15, 0.2) is 5.13 Å². The number of aromatic nitrogens is 1. The molecule has 1 amide bonds. The van der Waals surface area contributed by atoms with E-state index in [9.17, 15) is 9.18 Å². The highest BCUT2D eigenvalue weighted by Crippen LogP contribution is 2.33. The van der Waals surface area contributed by atoms with Gasteiger partial charge >= 0.3 is 0 Å². The summed E-state index contributed by atoms with van der Waals surface area (Å²) in [4.78, 5) is 18.2. The molecule has 3 rings (SSSR count). The highest BCUT2D eigenvalue weighted by Gasteiger charge is 2.16. The van der Waals surface area contributed by atoms with E-state index in [0.717, 1.165) is 29.0 Å². The minimum Gasteiger partial charge on any atom is -0.298 e. The molecule has 0 unspecified atom stereocenters. The van der Waals surface area contributed by atoms with Crippen LogP contribution in [0.4, 0.5) is 9.52 Å². The maximum Gasteiger partial charge on any atom is 0.257 e. The molecule has 1 aromatic heterocycles. The second-order valence-electron chi connectivity index (χ2n) is 6.30. The van der Waals surface area contributed by atoms with Gasteiger partial charge in [-0.25, -0.2) is 9.37 Å². The van der Waals surface area contributed by atoms with E-state index in [2.05, 4.69) is 49.3 Å². The summed E-state index contributed by atoms with van der Waals surface area (Å²) in [7, 11) is 0. The minimum absolute atomic E-state index is 0.282. The van der Waals surface area contributed by atoms with Crippen molar-refractivity contribution in [3.8, 4) is 11.3 Å². The van der Waals surface area contributed by atoms with Crippen LogP contribution in [0.25, 0.3) is 11.3 Å². The van der Waals surface area contributed by atoms with E-state index >= 15 is 0 Å². The van der Waals surface area contributed by atoms with E-state index < -0.39 is 5.82 Å². The number of rotatable bonds is 5. The number of thiazole rings is 1. The van der Waals surface area contributed by atoms with Crippen molar-refractivity contribution in [3.05, 3.63) is 69.8 Å². The van der Waals surface area contributed by atoms with E-state index in [1.54, 1.807) is 6.07 Å². The predicted octanol–water partition coefficient (Wildman–Crippen LogP) is 5.77. The van der Waals surface area contributed by atoms with Crippen molar-refractivity contribution < 1.29 is 9.18 Å². The first-order valence-corrected chi connectivity index (χ1v) is 9.44. The molecular formula is C21H21FN2OS. The Morgan fingerprint density at radius 2 is 1.96 bits per heavy atom. The van der Waals surface area contributed by atoms with Crippen LogP contribution in [-0.4, -0.2) is 10.9 Å². The molecule has 0 aliphatic heterocycles. The topological polar surface area (TPSA) is 42.0 Å². The Balaban J connectivity index is 1.91. The van der Waals surface area contributed by atoms with Gasteiger partial charge in [0.2, 0.25) is 0 Å². The Morgan fingerprint density at radius 3 is 2.65 bits per heavy atom. The molecule has 134 valence electrons. The van der Waals surface area contributed by atoms with Crippen LogP contribution in [-0.2, 0) is 6.42 Å². The van der Waals surface area contributed by atoms with Gasteiger partial charge in [0.25, 0.3) is 5.91 Å². The summed E-state index contributed by atoms with van der Waals surface area (Å²) in [6.07, 6.45) is 1.90. The number of nitrogens with one attached hydrogen (secondary N) is 1. The van der Waals surface area contributed by atoms with Crippen molar-refractivity contribution in [1.82, 2.24) is 4.98 Å². The lowest BCUT2D eigenvalue weighted by Crippen LogP contribution is -2.11. The molecule has 26 heavy (non-hydrogen) atoms. The monoisotopic (exact) mass is 368 g/mol. The third-order valence-electron chi connectivity index (χ3n) is 4.26. The number of anilines is 1. The number of halogens is 1. The van der Waals surface area contributed by atoms with Crippen LogP contribution in [0.15, 0.2) is 42.5 Å². The van der Waals surface area contributed by atoms with Gasteiger partial charge in [-0.2, -0.15) is 0 Å². The fraction of sp³-hybridized carbons (Fsp3) is 0.238. The van der Waals surface area contributed by atoms with Crippen molar-refractivity contribution in [2.75, 3.05) is 5.32 Å². The second-order valence-corrected chi connectivity index (χ2v) is 7.39. The molecule has 1 heterocycles. The van der Waals surface area contributed by atoms with Gasteiger partial charge in [0.05, 0.1) is 5.69 Å². The van der Waals surface area contributed by atoms with Crippen molar-refractivity contribution in [1.29, 1.82) is 0 Å². The largest absolute Gasteiger partial charge is 0.298 e. The number of carbonyl (C=O) groups is 1. The van der Waals surface area contributed by atoms with E-state index in [1.165, 1.54) is 40.7 Å². The quantitative estimate of drug-likeness (QED) is 0.621. The predicted molar refractivity (Wildman–Crippen MR) is 105 cm³/mol. The Labute approximate surface area is 156 Å². The molecule has 0 aliphatic rings. The number of amides is 1. The second kappa shape index (κ2) is 7.79. The SMILES string of the molecule is CCCc1sc(NC(=O)c2cccc(F)c2)nc1-c1ccc(C)c(C)c1. The fourth-order valence-electron chi connectivity index (χ4n) is 2.71. The molecule has 0 radical (unpaired) electrons. The molecule has 3 nitrogen and oxygen atoms in total. The number of hydrogen-bond donors (Lipinski definition) is 1. The molecule has 0 spiro atoms. The van der Waals surface area contributed by atoms with Crippen molar-refractivity contribution in [3.63, 3.8) is 0 Å². The smallest absolute Gasteiger partial charge is 0.257 e. The molecule has 1 N–H and O–H groups in total. The fourth-order valence-corrected chi connectivity index (χ4v) is 3.80. The first kappa shape index (κ1) is 18.3. The van der Waals surface area contributed by atoms with Crippen LogP contribution < -0.4 is 5.32 Å². The number of hydrogen-bond acceptors (Lipinski definition) is 3. The van der Waals surface area contributed by atoms with E-state index in [0.29, 0.717) is 5.13 Å². The van der Waals surface area contributed by atoms with Gasteiger partial charge in [-0.1, -0.05) is 31.5 Å². The van der Waals surface area contributed by atoms with Crippen molar-refractivity contribution >= 4 is 22.4 Å². The standard InChI is InChI=1S/C21H21FN2OS/c1-4-6-18-19(15-10-9-13(2)14(3)11-15)23-21(26-18)24-20(25)16-7-5-8-17(22)12-16/h5,7-12H,4,6H2,1-3H3,(H,23,24,25). The summed E-state index contributed by atoms with van der Waals surface area (Å²) >= 11 is 1.48.